The maximum Gasteiger partial charge on any atom is 0.184 e. The molecule has 7 nitrogen and oxygen atoms in total. The van der Waals surface area contributed by atoms with Crippen molar-refractivity contribution >= 4 is 0 Å². The Hall–Kier alpha value is -0.280. The van der Waals surface area contributed by atoms with Crippen molar-refractivity contribution in [1.29, 1.82) is 0 Å². The van der Waals surface area contributed by atoms with Crippen molar-refractivity contribution in [1.82, 2.24) is 0 Å². The topological polar surface area (TPSA) is 131 Å². The lowest BCUT2D eigenvalue weighted by Crippen LogP contribution is -2.46. The molecule has 1 heterocycles. The zero-order valence-electron chi connectivity index (χ0n) is 7.26. The standard InChI is InChI=1S/C7H14O7/c8-1-2(9)3(10)6-4(11)5(12)7(13)14-6/h2-13H,1H2/t2-,3-,4-,5-,6+,7?/m1/s1. The van der Waals surface area contributed by atoms with E-state index >= 15 is 0 Å². The molecule has 0 bridgehead atoms. The predicted molar refractivity (Wildman–Crippen MR) is 42.0 cm³/mol. The predicted octanol–water partition coefficient (Wildman–Crippen LogP) is -3.86. The quantitative estimate of drug-likeness (QED) is 0.281. The molecule has 1 saturated heterocycles. The molecule has 1 fully saturated rings. The maximum atomic E-state index is 9.31. The highest BCUT2D eigenvalue weighted by Gasteiger charge is 2.46. The van der Waals surface area contributed by atoms with Gasteiger partial charge in [0.15, 0.2) is 6.29 Å². The Balaban J connectivity index is 2.61. The monoisotopic (exact) mass is 210 g/mol. The van der Waals surface area contributed by atoms with Gasteiger partial charge in [0.1, 0.15) is 30.5 Å². The van der Waals surface area contributed by atoms with Gasteiger partial charge in [0.05, 0.1) is 6.61 Å². The Morgan fingerprint density at radius 2 is 1.64 bits per heavy atom. The van der Waals surface area contributed by atoms with Gasteiger partial charge in [-0.1, -0.05) is 0 Å². The summed E-state index contributed by atoms with van der Waals surface area (Å²) < 4.78 is 4.61. The van der Waals surface area contributed by atoms with E-state index in [4.69, 9.17) is 20.4 Å². The van der Waals surface area contributed by atoms with Crippen LogP contribution in [0.3, 0.4) is 0 Å². The molecule has 0 amide bonds. The van der Waals surface area contributed by atoms with Crippen LogP contribution in [0.15, 0.2) is 0 Å². The van der Waals surface area contributed by atoms with Crippen LogP contribution in [0.1, 0.15) is 0 Å². The van der Waals surface area contributed by atoms with Crippen molar-refractivity contribution in [3.63, 3.8) is 0 Å². The molecule has 6 atom stereocenters. The largest absolute Gasteiger partial charge is 0.394 e. The summed E-state index contributed by atoms with van der Waals surface area (Å²) in [5, 5.41) is 54.1. The number of aliphatic hydroxyl groups excluding tert-OH is 6. The molecule has 0 aromatic heterocycles. The summed E-state index contributed by atoms with van der Waals surface area (Å²) in [7, 11) is 0. The van der Waals surface area contributed by atoms with Gasteiger partial charge in [0, 0.05) is 0 Å². The van der Waals surface area contributed by atoms with Gasteiger partial charge in [-0.05, 0) is 0 Å². The van der Waals surface area contributed by atoms with Gasteiger partial charge in [0.25, 0.3) is 0 Å². The van der Waals surface area contributed by atoms with E-state index in [0.29, 0.717) is 0 Å². The third-order valence-electron chi connectivity index (χ3n) is 2.19. The number of hydrogen-bond donors (Lipinski definition) is 6. The van der Waals surface area contributed by atoms with Crippen molar-refractivity contribution in [2.75, 3.05) is 6.61 Å². The molecule has 84 valence electrons. The van der Waals surface area contributed by atoms with E-state index in [1.165, 1.54) is 0 Å². The van der Waals surface area contributed by atoms with Crippen LogP contribution >= 0.6 is 0 Å². The number of aliphatic hydroxyl groups is 6. The van der Waals surface area contributed by atoms with Gasteiger partial charge < -0.3 is 35.4 Å². The second kappa shape index (κ2) is 4.49. The average Bonchev–Trinajstić information content (AvgIpc) is 2.43. The summed E-state index contributed by atoms with van der Waals surface area (Å²) in [4.78, 5) is 0. The first-order valence-corrected chi connectivity index (χ1v) is 4.15. The molecule has 0 aromatic carbocycles. The van der Waals surface area contributed by atoms with Crippen LogP contribution in [-0.4, -0.2) is 74.1 Å². The molecule has 1 rings (SSSR count). The van der Waals surface area contributed by atoms with Crippen molar-refractivity contribution in [2.24, 2.45) is 0 Å². The highest BCUT2D eigenvalue weighted by atomic mass is 16.6. The summed E-state index contributed by atoms with van der Waals surface area (Å²) in [6.07, 6.45) is -9.01. The normalized spacial score (nSPS) is 42.4. The van der Waals surface area contributed by atoms with Crippen molar-refractivity contribution in [3.05, 3.63) is 0 Å². The van der Waals surface area contributed by atoms with Crippen LogP contribution in [0, 0.1) is 0 Å². The van der Waals surface area contributed by atoms with Gasteiger partial charge in [-0.25, -0.2) is 0 Å². The van der Waals surface area contributed by atoms with Crippen LogP contribution in [0.4, 0.5) is 0 Å². The van der Waals surface area contributed by atoms with E-state index in [9.17, 15) is 10.2 Å². The number of rotatable bonds is 3. The molecule has 1 unspecified atom stereocenters. The summed E-state index contributed by atoms with van der Waals surface area (Å²) in [5.74, 6) is 0. The lowest BCUT2D eigenvalue weighted by atomic mass is 10.0. The van der Waals surface area contributed by atoms with Gasteiger partial charge in [-0.2, -0.15) is 0 Å². The van der Waals surface area contributed by atoms with Gasteiger partial charge in [-0.15, -0.1) is 0 Å². The molecule has 0 aromatic rings. The second-order valence-corrected chi connectivity index (χ2v) is 3.21. The summed E-state index contributed by atoms with van der Waals surface area (Å²) >= 11 is 0. The zero-order valence-corrected chi connectivity index (χ0v) is 7.26. The highest BCUT2D eigenvalue weighted by Crippen LogP contribution is 2.23. The number of ether oxygens (including phenoxy) is 1. The highest BCUT2D eigenvalue weighted by molar-refractivity contribution is 4.92. The third kappa shape index (κ3) is 2.04. The smallest absolute Gasteiger partial charge is 0.184 e. The summed E-state index contributed by atoms with van der Waals surface area (Å²) in [6.45, 7) is -0.708. The minimum Gasteiger partial charge on any atom is -0.394 e. The van der Waals surface area contributed by atoms with E-state index in [0.717, 1.165) is 0 Å². The van der Waals surface area contributed by atoms with Gasteiger partial charge in [-0.3, -0.25) is 0 Å². The van der Waals surface area contributed by atoms with Crippen LogP contribution in [0.5, 0.6) is 0 Å². The van der Waals surface area contributed by atoms with E-state index < -0.39 is 43.4 Å². The lowest BCUT2D eigenvalue weighted by Gasteiger charge is -2.23. The minimum absolute atomic E-state index is 0.708. The molecule has 7 heteroatoms. The van der Waals surface area contributed by atoms with E-state index in [-0.39, 0.29) is 0 Å². The summed E-state index contributed by atoms with van der Waals surface area (Å²) in [6, 6.07) is 0. The first-order chi connectivity index (χ1) is 6.49. The van der Waals surface area contributed by atoms with Crippen LogP contribution in [0.25, 0.3) is 0 Å². The SMILES string of the molecule is OC[C@@H](O)[C@@H](O)[C@@H]1OC(O)[C@H](O)[C@H]1O. The Kier molecular flexibility index (Phi) is 3.78. The van der Waals surface area contributed by atoms with E-state index in [1.54, 1.807) is 0 Å². The zero-order chi connectivity index (χ0) is 10.9. The van der Waals surface area contributed by atoms with Crippen molar-refractivity contribution in [3.8, 4) is 0 Å². The first-order valence-electron chi connectivity index (χ1n) is 4.15. The van der Waals surface area contributed by atoms with E-state index in [2.05, 4.69) is 4.74 Å². The molecule has 14 heavy (non-hydrogen) atoms. The fourth-order valence-corrected chi connectivity index (χ4v) is 1.29. The maximum absolute atomic E-state index is 9.31. The molecule has 0 saturated carbocycles. The van der Waals surface area contributed by atoms with Crippen molar-refractivity contribution < 1.29 is 35.4 Å². The molecule has 6 N–H and O–H groups in total. The Bertz CT molecular complexity index is 187. The first kappa shape index (κ1) is 11.8. The van der Waals surface area contributed by atoms with Gasteiger partial charge >= 0.3 is 0 Å². The Morgan fingerprint density at radius 3 is 2.00 bits per heavy atom. The van der Waals surface area contributed by atoms with E-state index in [1.807, 2.05) is 0 Å². The molecular weight excluding hydrogens is 196 g/mol. The van der Waals surface area contributed by atoms with Crippen LogP contribution in [0.2, 0.25) is 0 Å². The fourth-order valence-electron chi connectivity index (χ4n) is 1.29. The second-order valence-electron chi connectivity index (χ2n) is 3.21. The molecule has 0 aliphatic carbocycles. The molecule has 1 aliphatic heterocycles. The lowest BCUT2D eigenvalue weighted by molar-refractivity contribution is -0.164. The third-order valence-corrected chi connectivity index (χ3v) is 2.19. The molecule has 0 spiro atoms. The molecule has 0 radical (unpaired) electrons. The Morgan fingerprint density at radius 1 is 1.07 bits per heavy atom. The Labute approximate surface area is 79.8 Å². The number of hydrogen-bond acceptors (Lipinski definition) is 7. The average molecular weight is 210 g/mol. The minimum atomic E-state index is -1.60. The summed E-state index contributed by atoms with van der Waals surface area (Å²) in [5.41, 5.74) is 0. The van der Waals surface area contributed by atoms with Crippen molar-refractivity contribution in [2.45, 2.75) is 36.8 Å². The molecular formula is C7H14O7. The fraction of sp³-hybridized carbons (Fsp3) is 1.00. The molecule has 1 aliphatic rings. The van der Waals surface area contributed by atoms with Gasteiger partial charge in [0.2, 0.25) is 0 Å². The van der Waals surface area contributed by atoms with Crippen LogP contribution < -0.4 is 0 Å². The van der Waals surface area contributed by atoms with Crippen LogP contribution in [-0.2, 0) is 4.74 Å².